The van der Waals surface area contributed by atoms with Gasteiger partial charge in [-0.05, 0) is 46.7 Å². The molecule has 0 aliphatic carbocycles. The molecule has 0 saturated carbocycles. The fourth-order valence-electron chi connectivity index (χ4n) is 4.48. The smallest absolute Gasteiger partial charge is 0.257 e. The monoisotopic (exact) mass is 450 g/mol. The van der Waals surface area contributed by atoms with Crippen LogP contribution in [-0.2, 0) is 4.79 Å². The van der Waals surface area contributed by atoms with Crippen molar-refractivity contribution < 1.29 is 9.59 Å². The molecule has 34 heavy (non-hydrogen) atoms. The summed E-state index contributed by atoms with van der Waals surface area (Å²) < 4.78 is 0. The maximum atomic E-state index is 12.9. The van der Waals surface area contributed by atoms with E-state index in [-0.39, 0.29) is 30.3 Å². The van der Waals surface area contributed by atoms with Gasteiger partial charge in [-0.25, -0.2) is 0 Å². The molecule has 5 rings (SSSR count). The molecule has 6 nitrogen and oxygen atoms in total. The number of amides is 2. The average Bonchev–Trinajstić information content (AvgIpc) is 3.03. The van der Waals surface area contributed by atoms with E-state index in [1.807, 2.05) is 62.4 Å². The van der Waals surface area contributed by atoms with Gasteiger partial charge < -0.3 is 10.6 Å². The normalized spacial score (nSPS) is 15.5. The second-order valence-electron chi connectivity index (χ2n) is 8.78. The molecule has 3 aromatic carbocycles. The first-order valence-electron chi connectivity index (χ1n) is 11.4. The Hall–Kier alpha value is -4.03. The summed E-state index contributed by atoms with van der Waals surface area (Å²) in [7, 11) is 0. The van der Waals surface area contributed by atoms with E-state index < -0.39 is 0 Å². The zero-order valence-corrected chi connectivity index (χ0v) is 19.1. The van der Waals surface area contributed by atoms with Gasteiger partial charge in [0.05, 0.1) is 29.5 Å². The Morgan fingerprint density at radius 3 is 2.59 bits per heavy atom. The van der Waals surface area contributed by atoms with E-state index in [1.165, 1.54) is 0 Å². The molecule has 1 aliphatic heterocycles. The molecule has 6 heteroatoms. The number of pyridine rings is 1. The Morgan fingerprint density at radius 1 is 1.00 bits per heavy atom. The maximum absolute atomic E-state index is 12.9. The summed E-state index contributed by atoms with van der Waals surface area (Å²) in [6.45, 7) is 4.26. The topological polar surface area (TPSA) is 83.1 Å². The van der Waals surface area contributed by atoms with Crippen LogP contribution in [0.25, 0.3) is 10.8 Å². The third-order valence-electron chi connectivity index (χ3n) is 6.14. The van der Waals surface area contributed by atoms with Crippen LogP contribution in [0.2, 0.25) is 0 Å². The van der Waals surface area contributed by atoms with Gasteiger partial charge in [-0.1, -0.05) is 62.4 Å². The number of nitrogens with one attached hydrogen (secondary N) is 3. The molecular weight excluding hydrogens is 424 g/mol. The van der Waals surface area contributed by atoms with Crippen molar-refractivity contribution in [3.63, 3.8) is 0 Å². The lowest BCUT2D eigenvalue weighted by atomic mass is 9.94. The molecule has 3 N–H and O–H groups in total. The van der Waals surface area contributed by atoms with Gasteiger partial charge >= 0.3 is 0 Å². The minimum absolute atomic E-state index is 0.0681. The van der Waals surface area contributed by atoms with E-state index >= 15 is 0 Å². The predicted molar refractivity (Wildman–Crippen MR) is 135 cm³/mol. The molecule has 0 bridgehead atoms. The minimum atomic E-state index is -0.177. The largest absolute Gasteiger partial charge is 0.324 e. The fourth-order valence-corrected chi connectivity index (χ4v) is 4.48. The van der Waals surface area contributed by atoms with Gasteiger partial charge in [-0.15, -0.1) is 0 Å². The summed E-state index contributed by atoms with van der Waals surface area (Å²) >= 11 is 0. The van der Waals surface area contributed by atoms with Crippen molar-refractivity contribution in [2.75, 3.05) is 17.2 Å². The number of rotatable bonds is 4. The van der Waals surface area contributed by atoms with Crippen molar-refractivity contribution in [1.29, 1.82) is 0 Å². The Balaban J connectivity index is 1.44. The summed E-state index contributed by atoms with van der Waals surface area (Å²) in [6.07, 6.45) is 1.71. The number of anilines is 2. The van der Waals surface area contributed by atoms with E-state index in [2.05, 4.69) is 33.1 Å². The number of fused-ring (bicyclic) bond motifs is 3. The van der Waals surface area contributed by atoms with Crippen LogP contribution >= 0.6 is 0 Å². The van der Waals surface area contributed by atoms with Crippen LogP contribution in [0.1, 0.15) is 53.0 Å². The number of aromatic nitrogens is 1. The minimum Gasteiger partial charge on any atom is -0.324 e. The molecular formula is C28H26N4O2. The first kappa shape index (κ1) is 21.8. The molecule has 1 aliphatic rings. The average molecular weight is 451 g/mol. The SMILES string of the molecule is CC(C)c1ncccc1C(=O)Nc1ccc(C2NCC(=O)Nc3c2ccc2ccccc32)cc1. The van der Waals surface area contributed by atoms with Gasteiger partial charge in [-0.2, -0.15) is 0 Å². The van der Waals surface area contributed by atoms with Gasteiger partial charge in [-0.3, -0.25) is 19.9 Å². The van der Waals surface area contributed by atoms with Crippen LogP contribution in [0.4, 0.5) is 11.4 Å². The van der Waals surface area contributed by atoms with Gasteiger partial charge in [0.25, 0.3) is 5.91 Å². The lowest BCUT2D eigenvalue weighted by Gasteiger charge is -2.20. The van der Waals surface area contributed by atoms with Gasteiger partial charge in [0, 0.05) is 17.3 Å². The number of hydrogen-bond donors (Lipinski definition) is 3. The Kier molecular flexibility index (Phi) is 5.82. The molecule has 2 amide bonds. The highest BCUT2D eigenvalue weighted by Crippen LogP contribution is 2.36. The number of nitrogens with zero attached hydrogens (tertiary/aromatic N) is 1. The van der Waals surface area contributed by atoms with Crippen LogP contribution in [0, 0.1) is 0 Å². The number of hydrogen-bond acceptors (Lipinski definition) is 4. The molecule has 0 fully saturated rings. The highest BCUT2D eigenvalue weighted by atomic mass is 16.2. The lowest BCUT2D eigenvalue weighted by Crippen LogP contribution is -2.27. The number of carbonyl (C=O) groups is 2. The van der Waals surface area contributed by atoms with E-state index in [9.17, 15) is 9.59 Å². The molecule has 2 heterocycles. The molecule has 0 spiro atoms. The second-order valence-corrected chi connectivity index (χ2v) is 8.78. The van der Waals surface area contributed by atoms with Crippen molar-refractivity contribution in [3.05, 3.63) is 101 Å². The molecule has 0 saturated heterocycles. The standard InChI is InChI=1S/C28H26N4O2/c1-17(2)25-23(8-5-15-29-25)28(34)31-20-12-9-19(10-13-20)26-22-14-11-18-6-3-4-7-21(18)27(22)32-24(33)16-30-26/h3-15,17,26,30H,16H2,1-2H3,(H,31,34)(H,32,33). The van der Waals surface area contributed by atoms with Gasteiger partial charge in [0.15, 0.2) is 0 Å². The van der Waals surface area contributed by atoms with Crippen molar-refractivity contribution in [3.8, 4) is 0 Å². The van der Waals surface area contributed by atoms with E-state index in [1.54, 1.807) is 18.3 Å². The summed E-state index contributed by atoms with van der Waals surface area (Å²) in [5, 5.41) is 11.5. The van der Waals surface area contributed by atoms with Crippen molar-refractivity contribution in [2.45, 2.75) is 25.8 Å². The highest BCUT2D eigenvalue weighted by molar-refractivity contribution is 6.06. The number of benzene rings is 3. The summed E-state index contributed by atoms with van der Waals surface area (Å²) in [6, 6.07) is 23.3. The van der Waals surface area contributed by atoms with Crippen molar-refractivity contribution in [1.82, 2.24) is 10.3 Å². The highest BCUT2D eigenvalue weighted by Gasteiger charge is 2.24. The quantitative estimate of drug-likeness (QED) is 0.397. The molecule has 170 valence electrons. The summed E-state index contributed by atoms with van der Waals surface area (Å²) in [4.78, 5) is 29.7. The maximum Gasteiger partial charge on any atom is 0.257 e. The van der Waals surface area contributed by atoms with Gasteiger partial charge in [0.1, 0.15) is 0 Å². The second kappa shape index (κ2) is 9.08. The van der Waals surface area contributed by atoms with Crippen LogP contribution < -0.4 is 16.0 Å². The predicted octanol–water partition coefficient (Wildman–Crippen LogP) is 5.24. The van der Waals surface area contributed by atoms with E-state index in [0.717, 1.165) is 33.3 Å². The van der Waals surface area contributed by atoms with Crippen LogP contribution in [-0.4, -0.2) is 23.3 Å². The molecule has 1 atom stereocenters. The van der Waals surface area contributed by atoms with E-state index in [4.69, 9.17) is 0 Å². The molecule has 0 radical (unpaired) electrons. The Labute approximate surface area is 198 Å². The van der Waals surface area contributed by atoms with Crippen molar-refractivity contribution in [2.24, 2.45) is 0 Å². The molecule has 1 aromatic heterocycles. The lowest BCUT2D eigenvalue weighted by molar-refractivity contribution is -0.115. The van der Waals surface area contributed by atoms with Crippen LogP contribution in [0.15, 0.2) is 79.0 Å². The fraction of sp³-hybridized carbons (Fsp3) is 0.179. The Bertz CT molecular complexity index is 1380. The zero-order chi connectivity index (χ0) is 23.7. The zero-order valence-electron chi connectivity index (χ0n) is 19.1. The summed E-state index contributed by atoms with van der Waals surface area (Å²) in [5.74, 6) is -0.0942. The van der Waals surface area contributed by atoms with Crippen LogP contribution in [0.5, 0.6) is 0 Å². The third kappa shape index (κ3) is 4.16. The molecule has 4 aromatic rings. The number of carbonyl (C=O) groups excluding carboxylic acids is 2. The molecule has 1 unspecified atom stereocenters. The first-order chi connectivity index (χ1) is 16.5. The first-order valence-corrected chi connectivity index (χ1v) is 11.4. The van der Waals surface area contributed by atoms with E-state index in [0.29, 0.717) is 11.3 Å². The Morgan fingerprint density at radius 2 is 1.79 bits per heavy atom. The summed E-state index contributed by atoms with van der Waals surface area (Å²) in [5.41, 5.74) is 4.92. The van der Waals surface area contributed by atoms with Crippen LogP contribution in [0.3, 0.4) is 0 Å². The van der Waals surface area contributed by atoms with Crippen molar-refractivity contribution >= 4 is 34.0 Å². The van der Waals surface area contributed by atoms with Gasteiger partial charge in [0.2, 0.25) is 5.91 Å². The third-order valence-corrected chi connectivity index (χ3v) is 6.14.